The topological polar surface area (TPSA) is 0 Å². The minimum atomic E-state index is -0.262. The SMILES string of the molecule is CC1=CC2=C(CC=C1)c1ccccc1C2(c1ccccc1)c1ccccc1. The van der Waals surface area contributed by atoms with Crippen LogP contribution < -0.4 is 0 Å². The summed E-state index contributed by atoms with van der Waals surface area (Å²) in [6, 6.07) is 30.9. The first-order chi connectivity index (χ1) is 13.3. The summed E-state index contributed by atoms with van der Waals surface area (Å²) in [7, 11) is 0. The van der Waals surface area contributed by atoms with Gasteiger partial charge in [-0.2, -0.15) is 0 Å². The van der Waals surface area contributed by atoms with Crippen LogP contribution in [0.2, 0.25) is 0 Å². The number of hydrogen-bond donors (Lipinski definition) is 0. The predicted octanol–water partition coefficient (Wildman–Crippen LogP) is 6.69. The monoisotopic (exact) mass is 346 g/mol. The highest BCUT2D eigenvalue weighted by atomic mass is 14.5. The number of hydrogen-bond acceptors (Lipinski definition) is 0. The van der Waals surface area contributed by atoms with Gasteiger partial charge in [-0.3, -0.25) is 0 Å². The molecule has 0 unspecified atom stereocenters. The Balaban J connectivity index is 1.95. The van der Waals surface area contributed by atoms with Crippen molar-refractivity contribution in [3.05, 3.63) is 137 Å². The van der Waals surface area contributed by atoms with Crippen LogP contribution in [0, 0.1) is 0 Å². The van der Waals surface area contributed by atoms with Crippen LogP contribution in [0.25, 0.3) is 5.57 Å². The molecule has 27 heavy (non-hydrogen) atoms. The summed E-state index contributed by atoms with van der Waals surface area (Å²) < 4.78 is 0. The van der Waals surface area contributed by atoms with Crippen molar-refractivity contribution >= 4 is 5.57 Å². The van der Waals surface area contributed by atoms with E-state index in [0.717, 1.165) is 6.42 Å². The molecule has 2 aliphatic rings. The third kappa shape index (κ3) is 2.30. The van der Waals surface area contributed by atoms with Crippen LogP contribution in [0.1, 0.15) is 35.6 Å². The third-order valence-corrected chi connectivity index (χ3v) is 5.87. The molecule has 0 heteroatoms. The molecule has 130 valence electrons. The number of rotatable bonds is 2. The van der Waals surface area contributed by atoms with E-state index in [1.54, 1.807) is 0 Å². The van der Waals surface area contributed by atoms with Gasteiger partial charge in [0.2, 0.25) is 0 Å². The van der Waals surface area contributed by atoms with Gasteiger partial charge in [-0.25, -0.2) is 0 Å². The highest BCUT2D eigenvalue weighted by Crippen LogP contribution is 2.56. The fraction of sp³-hybridized carbons (Fsp3) is 0.111. The van der Waals surface area contributed by atoms with Gasteiger partial charge in [-0.05, 0) is 46.7 Å². The van der Waals surface area contributed by atoms with Gasteiger partial charge in [0, 0.05) is 0 Å². The van der Waals surface area contributed by atoms with Crippen LogP contribution in [0.15, 0.2) is 114 Å². The standard InChI is InChI=1S/C27H22/c1-20-11-10-17-24-23-16-8-9-18-25(23)27(26(24)19-20,21-12-4-2-5-13-21)22-14-6-3-7-15-22/h2-16,18-19H,17H2,1H3. The van der Waals surface area contributed by atoms with Crippen molar-refractivity contribution in [3.63, 3.8) is 0 Å². The molecule has 0 bridgehead atoms. The zero-order valence-electron chi connectivity index (χ0n) is 15.5. The number of allylic oxidation sites excluding steroid dienone is 6. The first-order valence-corrected chi connectivity index (χ1v) is 9.61. The van der Waals surface area contributed by atoms with Crippen molar-refractivity contribution in [1.29, 1.82) is 0 Å². The molecule has 0 heterocycles. The minimum Gasteiger partial charge on any atom is -0.0798 e. The molecule has 3 aromatic rings. The fourth-order valence-electron chi connectivity index (χ4n) is 4.81. The molecule has 0 spiro atoms. The Morgan fingerprint density at radius 3 is 1.96 bits per heavy atom. The molecular weight excluding hydrogens is 324 g/mol. The number of benzene rings is 3. The fourth-order valence-corrected chi connectivity index (χ4v) is 4.81. The van der Waals surface area contributed by atoms with Gasteiger partial charge < -0.3 is 0 Å². The second kappa shape index (κ2) is 6.25. The van der Waals surface area contributed by atoms with Crippen LogP contribution in [0.3, 0.4) is 0 Å². The predicted molar refractivity (Wildman–Crippen MR) is 114 cm³/mol. The molecule has 5 rings (SSSR count). The molecule has 0 saturated carbocycles. The molecule has 0 aromatic heterocycles. The zero-order chi connectivity index (χ0) is 18.3. The molecule has 0 fully saturated rings. The van der Waals surface area contributed by atoms with Crippen molar-refractivity contribution in [2.75, 3.05) is 0 Å². The van der Waals surface area contributed by atoms with Crippen LogP contribution >= 0.6 is 0 Å². The van der Waals surface area contributed by atoms with E-state index >= 15 is 0 Å². The molecule has 0 radical (unpaired) electrons. The molecule has 0 nitrogen and oxygen atoms in total. The Morgan fingerprint density at radius 2 is 1.30 bits per heavy atom. The Hall–Kier alpha value is -3.12. The lowest BCUT2D eigenvalue weighted by atomic mass is 9.66. The van der Waals surface area contributed by atoms with E-state index < -0.39 is 0 Å². The summed E-state index contributed by atoms with van der Waals surface area (Å²) in [6.07, 6.45) is 7.93. The Bertz CT molecular complexity index is 1040. The van der Waals surface area contributed by atoms with Gasteiger partial charge in [-0.15, -0.1) is 0 Å². The van der Waals surface area contributed by atoms with Crippen molar-refractivity contribution in [3.8, 4) is 0 Å². The third-order valence-electron chi connectivity index (χ3n) is 5.87. The van der Waals surface area contributed by atoms with Gasteiger partial charge in [0.05, 0.1) is 5.41 Å². The molecule has 3 aromatic carbocycles. The van der Waals surface area contributed by atoms with E-state index in [1.165, 1.54) is 39.0 Å². The van der Waals surface area contributed by atoms with Crippen molar-refractivity contribution in [1.82, 2.24) is 0 Å². The molecule has 0 amide bonds. The van der Waals surface area contributed by atoms with Crippen LogP contribution in [-0.4, -0.2) is 0 Å². The van der Waals surface area contributed by atoms with Gasteiger partial charge >= 0.3 is 0 Å². The van der Waals surface area contributed by atoms with E-state index in [4.69, 9.17) is 0 Å². The van der Waals surface area contributed by atoms with Gasteiger partial charge in [0.1, 0.15) is 0 Å². The molecule has 0 N–H and O–H groups in total. The smallest absolute Gasteiger partial charge is 0.0710 e. The Kier molecular flexibility index (Phi) is 3.72. The molecular formula is C27H22. The molecule has 0 saturated heterocycles. The van der Waals surface area contributed by atoms with Crippen molar-refractivity contribution < 1.29 is 0 Å². The van der Waals surface area contributed by atoms with Crippen LogP contribution in [0.4, 0.5) is 0 Å². The van der Waals surface area contributed by atoms with E-state index in [0.29, 0.717) is 0 Å². The highest BCUT2D eigenvalue weighted by molar-refractivity contribution is 5.88. The second-order valence-electron chi connectivity index (χ2n) is 7.41. The highest BCUT2D eigenvalue weighted by Gasteiger charge is 2.46. The number of fused-ring (bicyclic) bond motifs is 2. The molecule has 0 aliphatic heterocycles. The summed E-state index contributed by atoms with van der Waals surface area (Å²) in [5.41, 5.74) is 9.36. The summed E-state index contributed by atoms with van der Waals surface area (Å²) in [6.45, 7) is 2.20. The van der Waals surface area contributed by atoms with Crippen LogP contribution in [-0.2, 0) is 5.41 Å². The van der Waals surface area contributed by atoms with E-state index in [1.807, 2.05) is 0 Å². The maximum atomic E-state index is 2.40. The Labute approximate surface area is 161 Å². The molecule has 0 atom stereocenters. The largest absolute Gasteiger partial charge is 0.0798 e. The summed E-state index contributed by atoms with van der Waals surface area (Å²) >= 11 is 0. The Morgan fingerprint density at radius 1 is 0.704 bits per heavy atom. The lowest BCUT2D eigenvalue weighted by Crippen LogP contribution is -2.29. The quantitative estimate of drug-likeness (QED) is 0.484. The second-order valence-corrected chi connectivity index (χ2v) is 7.41. The maximum Gasteiger partial charge on any atom is 0.0710 e. The van der Waals surface area contributed by atoms with Gasteiger partial charge in [0.25, 0.3) is 0 Å². The first kappa shape index (κ1) is 16.1. The van der Waals surface area contributed by atoms with E-state index in [9.17, 15) is 0 Å². The van der Waals surface area contributed by atoms with Crippen molar-refractivity contribution in [2.24, 2.45) is 0 Å². The van der Waals surface area contributed by atoms with Gasteiger partial charge in [-0.1, -0.05) is 109 Å². The summed E-state index contributed by atoms with van der Waals surface area (Å²) in [5, 5.41) is 0. The summed E-state index contributed by atoms with van der Waals surface area (Å²) in [5.74, 6) is 0. The molecule has 2 aliphatic carbocycles. The minimum absolute atomic E-state index is 0.262. The first-order valence-electron chi connectivity index (χ1n) is 9.61. The lowest BCUT2D eigenvalue weighted by Gasteiger charge is -2.35. The average Bonchev–Trinajstić information content (AvgIpc) is 2.84. The normalized spacial score (nSPS) is 17.1. The van der Waals surface area contributed by atoms with E-state index in [2.05, 4.69) is 110 Å². The maximum absolute atomic E-state index is 2.40. The van der Waals surface area contributed by atoms with E-state index in [-0.39, 0.29) is 5.41 Å². The van der Waals surface area contributed by atoms with Crippen LogP contribution in [0.5, 0.6) is 0 Å². The zero-order valence-corrected chi connectivity index (χ0v) is 15.5. The van der Waals surface area contributed by atoms with Gasteiger partial charge in [0.15, 0.2) is 0 Å². The lowest BCUT2D eigenvalue weighted by molar-refractivity contribution is 0.760. The summed E-state index contributed by atoms with van der Waals surface area (Å²) in [4.78, 5) is 0. The average molecular weight is 346 g/mol. The van der Waals surface area contributed by atoms with Crippen molar-refractivity contribution in [2.45, 2.75) is 18.8 Å².